The van der Waals surface area contributed by atoms with Gasteiger partial charge in [-0.15, -0.1) is 0 Å². The van der Waals surface area contributed by atoms with Gasteiger partial charge < -0.3 is 10.6 Å². The lowest BCUT2D eigenvalue weighted by Crippen LogP contribution is -2.44. The first-order valence-electron chi connectivity index (χ1n) is 7.19. The van der Waals surface area contributed by atoms with Crippen molar-refractivity contribution in [1.82, 2.24) is 15.5 Å². The summed E-state index contributed by atoms with van der Waals surface area (Å²) in [5.74, 6) is 0.128. The minimum Gasteiger partial charge on any atom is -0.324 e. The Hall–Kier alpha value is -1.88. The van der Waals surface area contributed by atoms with E-state index in [1.165, 1.54) is 0 Å². The number of aromatic amines is 1. The van der Waals surface area contributed by atoms with Gasteiger partial charge in [0.2, 0.25) is 5.91 Å². The van der Waals surface area contributed by atoms with E-state index in [0.717, 1.165) is 48.9 Å². The Labute approximate surface area is 118 Å². The molecule has 0 spiro atoms. The Morgan fingerprint density at radius 1 is 1.40 bits per heavy atom. The molecular weight excluding hydrogens is 252 g/mol. The number of hydrogen-bond acceptors (Lipinski definition) is 3. The van der Waals surface area contributed by atoms with Crippen molar-refractivity contribution in [2.75, 3.05) is 18.4 Å². The molecule has 20 heavy (non-hydrogen) atoms. The molecule has 2 aromatic rings. The van der Waals surface area contributed by atoms with Gasteiger partial charge in [-0.05, 0) is 38.4 Å². The number of piperidine rings is 1. The zero-order valence-electron chi connectivity index (χ0n) is 11.7. The number of benzene rings is 1. The minimum absolute atomic E-state index is 0.128. The predicted molar refractivity (Wildman–Crippen MR) is 79.6 cm³/mol. The molecule has 3 N–H and O–H groups in total. The quantitative estimate of drug-likeness (QED) is 0.803. The smallest absolute Gasteiger partial charge is 0.230 e. The van der Waals surface area contributed by atoms with E-state index in [1.54, 1.807) is 6.20 Å². The maximum atomic E-state index is 12.7. The monoisotopic (exact) mass is 272 g/mol. The second-order valence-electron chi connectivity index (χ2n) is 5.48. The molecule has 3 rings (SSSR count). The number of amides is 1. The summed E-state index contributed by atoms with van der Waals surface area (Å²) in [5.41, 5.74) is 1.46. The van der Waals surface area contributed by atoms with Crippen molar-refractivity contribution in [2.45, 2.75) is 26.2 Å². The van der Waals surface area contributed by atoms with E-state index in [1.807, 2.05) is 18.2 Å². The fourth-order valence-corrected chi connectivity index (χ4v) is 2.97. The van der Waals surface area contributed by atoms with Gasteiger partial charge >= 0.3 is 0 Å². The highest BCUT2D eigenvalue weighted by molar-refractivity contribution is 6.02. The van der Waals surface area contributed by atoms with Crippen LogP contribution in [0.4, 0.5) is 5.69 Å². The highest BCUT2D eigenvalue weighted by Crippen LogP contribution is 2.34. The molecule has 1 aliphatic rings. The standard InChI is InChI=1S/C15H20N4O/c1-2-15(6-8-16-9-7-15)14(20)18-12-5-3-4-11-10-17-19-13(11)12/h3-5,10,16H,2,6-9H2,1H3,(H,17,19)(H,18,20). The van der Waals surface area contributed by atoms with Gasteiger partial charge in [-0.2, -0.15) is 5.10 Å². The van der Waals surface area contributed by atoms with Gasteiger partial charge in [0.25, 0.3) is 0 Å². The maximum Gasteiger partial charge on any atom is 0.230 e. The number of fused-ring (bicyclic) bond motifs is 1. The zero-order valence-corrected chi connectivity index (χ0v) is 11.7. The summed E-state index contributed by atoms with van der Waals surface area (Å²) >= 11 is 0. The van der Waals surface area contributed by atoms with Crippen LogP contribution in [0.5, 0.6) is 0 Å². The third kappa shape index (κ3) is 2.18. The van der Waals surface area contributed by atoms with Crippen molar-refractivity contribution in [1.29, 1.82) is 0 Å². The predicted octanol–water partition coefficient (Wildman–Crippen LogP) is 2.28. The van der Waals surface area contributed by atoms with Crippen LogP contribution >= 0.6 is 0 Å². The number of aromatic nitrogens is 2. The third-order valence-electron chi connectivity index (χ3n) is 4.44. The normalized spacial score (nSPS) is 18.1. The molecule has 0 atom stereocenters. The van der Waals surface area contributed by atoms with Crippen LogP contribution in [-0.4, -0.2) is 29.2 Å². The molecule has 0 radical (unpaired) electrons. The van der Waals surface area contributed by atoms with Crippen molar-refractivity contribution >= 4 is 22.5 Å². The molecule has 1 aromatic heterocycles. The van der Waals surface area contributed by atoms with Crippen molar-refractivity contribution < 1.29 is 4.79 Å². The average molecular weight is 272 g/mol. The van der Waals surface area contributed by atoms with Crippen LogP contribution in [0, 0.1) is 5.41 Å². The fourth-order valence-electron chi connectivity index (χ4n) is 2.97. The Bertz CT molecular complexity index is 613. The number of nitrogens with one attached hydrogen (secondary N) is 3. The second-order valence-corrected chi connectivity index (χ2v) is 5.48. The fraction of sp³-hybridized carbons (Fsp3) is 0.467. The van der Waals surface area contributed by atoms with Gasteiger partial charge in [0.05, 0.1) is 22.8 Å². The minimum atomic E-state index is -0.243. The summed E-state index contributed by atoms with van der Waals surface area (Å²) in [5, 5.41) is 14.4. The Morgan fingerprint density at radius 2 is 2.20 bits per heavy atom. The molecule has 106 valence electrons. The van der Waals surface area contributed by atoms with Crippen molar-refractivity contribution in [3.05, 3.63) is 24.4 Å². The van der Waals surface area contributed by atoms with E-state index in [4.69, 9.17) is 0 Å². The summed E-state index contributed by atoms with van der Waals surface area (Å²) in [6.07, 6.45) is 4.44. The first-order chi connectivity index (χ1) is 9.75. The number of anilines is 1. The van der Waals surface area contributed by atoms with Crippen LogP contribution in [0.1, 0.15) is 26.2 Å². The van der Waals surface area contributed by atoms with Crippen LogP contribution in [-0.2, 0) is 4.79 Å². The molecule has 0 unspecified atom stereocenters. The van der Waals surface area contributed by atoms with Crippen LogP contribution in [0.3, 0.4) is 0 Å². The highest BCUT2D eigenvalue weighted by Gasteiger charge is 2.37. The van der Waals surface area contributed by atoms with Crippen LogP contribution in [0.15, 0.2) is 24.4 Å². The maximum absolute atomic E-state index is 12.7. The van der Waals surface area contributed by atoms with Gasteiger partial charge in [0.15, 0.2) is 0 Å². The van der Waals surface area contributed by atoms with E-state index >= 15 is 0 Å². The number of carbonyl (C=O) groups excluding carboxylic acids is 1. The summed E-state index contributed by atoms with van der Waals surface area (Å²) in [7, 11) is 0. The molecule has 1 fully saturated rings. The molecule has 5 heteroatoms. The Balaban J connectivity index is 1.86. The van der Waals surface area contributed by atoms with Gasteiger partial charge in [-0.3, -0.25) is 9.89 Å². The Morgan fingerprint density at radius 3 is 2.95 bits per heavy atom. The first kappa shape index (κ1) is 13.1. The first-order valence-corrected chi connectivity index (χ1v) is 7.19. The van der Waals surface area contributed by atoms with Crippen molar-refractivity contribution in [3.63, 3.8) is 0 Å². The van der Waals surface area contributed by atoms with E-state index in [0.29, 0.717) is 0 Å². The summed E-state index contributed by atoms with van der Waals surface area (Å²) in [6.45, 7) is 3.92. The van der Waals surface area contributed by atoms with Gasteiger partial charge in [0.1, 0.15) is 0 Å². The lowest BCUT2D eigenvalue weighted by atomic mass is 9.76. The number of rotatable bonds is 3. The Kier molecular flexibility index (Phi) is 3.44. The van der Waals surface area contributed by atoms with Gasteiger partial charge in [-0.25, -0.2) is 0 Å². The molecule has 5 nitrogen and oxygen atoms in total. The summed E-state index contributed by atoms with van der Waals surface area (Å²) in [4.78, 5) is 12.7. The second kappa shape index (κ2) is 5.25. The topological polar surface area (TPSA) is 69.8 Å². The molecule has 0 saturated carbocycles. The lowest BCUT2D eigenvalue weighted by Gasteiger charge is -2.35. The van der Waals surface area contributed by atoms with Crippen LogP contribution in [0.25, 0.3) is 10.9 Å². The molecule has 0 aliphatic carbocycles. The van der Waals surface area contributed by atoms with E-state index < -0.39 is 0 Å². The molecular formula is C15H20N4O. The van der Waals surface area contributed by atoms with Crippen LogP contribution in [0.2, 0.25) is 0 Å². The molecule has 1 amide bonds. The van der Waals surface area contributed by atoms with E-state index in [9.17, 15) is 4.79 Å². The van der Waals surface area contributed by atoms with Crippen molar-refractivity contribution in [3.8, 4) is 0 Å². The zero-order chi connectivity index (χ0) is 14.0. The number of para-hydroxylation sites is 1. The van der Waals surface area contributed by atoms with Crippen LogP contribution < -0.4 is 10.6 Å². The van der Waals surface area contributed by atoms with Gasteiger partial charge in [-0.1, -0.05) is 19.1 Å². The molecule has 2 heterocycles. The van der Waals surface area contributed by atoms with E-state index in [-0.39, 0.29) is 11.3 Å². The summed E-state index contributed by atoms with van der Waals surface area (Å²) < 4.78 is 0. The highest BCUT2D eigenvalue weighted by atomic mass is 16.2. The number of H-pyrrole nitrogens is 1. The number of hydrogen-bond donors (Lipinski definition) is 3. The SMILES string of the molecule is CCC1(C(=O)Nc2cccc3cn[nH]c23)CCNCC1. The van der Waals surface area contributed by atoms with E-state index in [2.05, 4.69) is 27.8 Å². The average Bonchev–Trinajstić information content (AvgIpc) is 2.97. The lowest BCUT2D eigenvalue weighted by molar-refractivity contribution is -0.127. The molecule has 0 bridgehead atoms. The molecule has 1 aromatic carbocycles. The summed E-state index contributed by atoms with van der Waals surface area (Å²) in [6, 6.07) is 5.84. The van der Waals surface area contributed by atoms with Gasteiger partial charge in [0, 0.05) is 5.39 Å². The molecule has 1 aliphatic heterocycles. The molecule has 1 saturated heterocycles. The number of carbonyl (C=O) groups is 1. The largest absolute Gasteiger partial charge is 0.324 e. The third-order valence-corrected chi connectivity index (χ3v) is 4.44. The number of nitrogens with zero attached hydrogens (tertiary/aromatic N) is 1. The van der Waals surface area contributed by atoms with Crippen molar-refractivity contribution in [2.24, 2.45) is 5.41 Å².